The molecular formula is C9H15N3O. The molecule has 72 valence electrons. The molecule has 0 heterocycles. The van der Waals surface area contributed by atoms with Crippen molar-refractivity contribution in [3.8, 4) is 0 Å². The van der Waals surface area contributed by atoms with E-state index in [0.717, 1.165) is 18.0 Å². The van der Waals surface area contributed by atoms with E-state index in [1.807, 2.05) is 31.3 Å². The fourth-order valence-corrected chi connectivity index (χ4v) is 0.964. The van der Waals surface area contributed by atoms with E-state index in [1.165, 1.54) is 0 Å². The molecule has 0 spiro atoms. The van der Waals surface area contributed by atoms with Crippen LogP contribution in [-0.2, 0) is 4.84 Å². The highest BCUT2D eigenvalue weighted by molar-refractivity contribution is 5.52. The zero-order valence-electron chi connectivity index (χ0n) is 7.92. The number of hydrogen-bond acceptors (Lipinski definition) is 4. The second kappa shape index (κ2) is 5.40. The highest BCUT2D eigenvalue weighted by atomic mass is 16.6. The van der Waals surface area contributed by atoms with Crippen LogP contribution in [0.15, 0.2) is 24.3 Å². The van der Waals surface area contributed by atoms with Gasteiger partial charge in [-0.05, 0) is 31.3 Å². The Bertz CT molecular complexity index is 235. The molecule has 0 aliphatic heterocycles. The Morgan fingerprint density at radius 2 is 1.77 bits per heavy atom. The normalized spacial score (nSPS) is 9.69. The molecular weight excluding hydrogens is 166 g/mol. The lowest BCUT2D eigenvalue weighted by atomic mass is 10.3. The van der Waals surface area contributed by atoms with Gasteiger partial charge in [-0.1, -0.05) is 0 Å². The first-order valence-corrected chi connectivity index (χ1v) is 4.14. The average Bonchev–Trinajstić information content (AvgIpc) is 2.17. The zero-order valence-corrected chi connectivity index (χ0v) is 7.92. The number of nitrogens with one attached hydrogen (secondary N) is 3. The van der Waals surface area contributed by atoms with Gasteiger partial charge in [-0.2, -0.15) is 0 Å². The Hall–Kier alpha value is -1.26. The van der Waals surface area contributed by atoms with E-state index in [1.54, 1.807) is 7.11 Å². The highest BCUT2D eigenvalue weighted by Gasteiger charge is 1.91. The van der Waals surface area contributed by atoms with Gasteiger partial charge in [-0.15, -0.1) is 0 Å². The molecule has 1 rings (SSSR count). The molecule has 0 aliphatic rings. The summed E-state index contributed by atoms with van der Waals surface area (Å²) in [7, 11) is 3.49. The summed E-state index contributed by atoms with van der Waals surface area (Å²) < 4.78 is 0. The van der Waals surface area contributed by atoms with Crippen LogP contribution >= 0.6 is 0 Å². The molecule has 4 nitrogen and oxygen atoms in total. The van der Waals surface area contributed by atoms with E-state index >= 15 is 0 Å². The minimum Gasteiger partial charge on any atom is -0.372 e. The SMILES string of the molecule is CNCNc1ccc(NOC)cc1. The van der Waals surface area contributed by atoms with Crippen molar-refractivity contribution in [2.24, 2.45) is 0 Å². The third-order valence-electron chi connectivity index (χ3n) is 1.57. The molecule has 0 aliphatic carbocycles. The molecule has 0 radical (unpaired) electrons. The van der Waals surface area contributed by atoms with Crippen molar-refractivity contribution in [2.45, 2.75) is 0 Å². The Balaban J connectivity index is 2.48. The first-order valence-electron chi connectivity index (χ1n) is 4.14. The van der Waals surface area contributed by atoms with Gasteiger partial charge in [0, 0.05) is 5.69 Å². The number of anilines is 2. The summed E-state index contributed by atoms with van der Waals surface area (Å²) in [6.07, 6.45) is 0. The van der Waals surface area contributed by atoms with Crippen molar-refractivity contribution in [1.82, 2.24) is 5.32 Å². The Morgan fingerprint density at radius 1 is 1.15 bits per heavy atom. The smallest absolute Gasteiger partial charge is 0.0650 e. The Labute approximate surface area is 78.2 Å². The fraction of sp³-hybridized carbons (Fsp3) is 0.333. The molecule has 4 heteroatoms. The topological polar surface area (TPSA) is 45.3 Å². The molecule has 0 atom stereocenters. The Kier molecular flexibility index (Phi) is 4.08. The number of hydrogen-bond donors (Lipinski definition) is 3. The summed E-state index contributed by atoms with van der Waals surface area (Å²) in [5.74, 6) is 0. The van der Waals surface area contributed by atoms with Gasteiger partial charge in [0.15, 0.2) is 0 Å². The molecule has 0 unspecified atom stereocenters. The summed E-state index contributed by atoms with van der Waals surface area (Å²) in [5.41, 5.74) is 4.77. The third kappa shape index (κ3) is 3.31. The van der Waals surface area contributed by atoms with Crippen LogP contribution in [0.1, 0.15) is 0 Å². The molecule has 0 saturated carbocycles. The predicted molar refractivity (Wildman–Crippen MR) is 54.6 cm³/mol. The highest BCUT2D eigenvalue weighted by Crippen LogP contribution is 2.12. The van der Waals surface area contributed by atoms with Gasteiger partial charge in [0.1, 0.15) is 0 Å². The summed E-state index contributed by atoms with van der Waals surface area (Å²) in [6.45, 7) is 0.761. The lowest BCUT2D eigenvalue weighted by molar-refractivity contribution is 0.271. The maximum atomic E-state index is 4.77. The van der Waals surface area contributed by atoms with Gasteiger partial charge in [0.25, 0.3) is 0 Å². The van der Waals surface area contributed by atoms with Crippen molar-refractivity contribution in [2.75, 3.05) is 31.6 Å². The summed E-state index contributed by atoms with van der Waals surface area (Å²) in [5, 5.41) is 6.19. The fourth-order valence-electron chi connectivity index (χ4n) is 0.964. The minimum absolute atomic E-state index is 0.761. The first kappa shape index (κ1) is 9.83. The molecule has 1 aromatic rings. The quantitative estimate of drug-likeness (QED) is 0.472. The van der Waals surface area contributed by atoms with Crippen LogP contribution in [0.2, 0.25) is 0 Å². The van der Waals surface area contributed by atoms with Crippen molar-refractivity contribution >= 4 is 11.4 Å². The molecule has 0 fully saturated rings. The van der Waals surface area contributed by atoms with Crippen LogP contribution in [-0.4, -0.2) is 20.8 Å². The molecule has 3 N–H and O–H groups in total. The zero-order chi connectivity index (χ0) is 9.52. The van der Waals surface area contributed by atoms with Crippen molar-refractivity contribution in [3.05, 3.63) is 24.3 Å². The maximum Gasteiger partial charge on any atom is 0.0650 e. The van der Waals surface area contributed by atoms with Gasteiger partial charge < -0.3 is 10.6 Å². The van der Waals surface area contributed by atoms with Crippen LogP contribution < -0.4 is 16.1 Å². The van der Waals surface area contributed by atoms with Crippen molar-refractivity contribution < 1.29 is 4.84 Å². The van der Waals surface area contributed by atoms with Gasteiger partial charge in [0.05, 0.1) is 19.5 Å². The monoisotopic (exact) mass is 181 g/mol. The maximum absolute atomic E-state index is 4.77. The van der Waals surface area contributed by atoms with E-state index in [2.05, 4.69) is 16.1 Å². The molecule has 0 saturated heterocycles. The van der Waals surface area contributed by atoms with Gasteiger partial charge in [-0.25, -0.2) is 0 Å². The second-order valence-corrected chi connectivity index (χ2v) is 2.59. The first-order chi connectivity index (χ1) is 6.36. The summed E-state index contributed by atoms with van der Waals surface area (Å²) in [4.78, 5) is 4.77. The van der Waals surface area contributed by atoms with Gasteiger partial charge in [-0.3, -0.25) is 10.3 Å². The van der Waals surface area contributed by atoms with Crippen LogP contribution in [0.25, 0.3) is 0 Å². The lowest BCUT2D eigenvalue weighted by Crippen LogP contribution is -2.16. The lowest BCUT2D eigenvalue weighted by Gasteiger charge is -2.06. The van der Waals surface area contributed by atoms with E-state index in [9.17, 15) is 0 Å². The van der Waals surface area contributed by atoms with Crippen molar-refractivity contribution in [3.63, 3.8) is 0 Å². The van der Waals surface area contributed by atoms with Crippen LogP contribution in [0.4, 0.5) is 11.4 Å². The molecule has 13 heavy (non-hydrogen) atoms. The largest absolute Gasteiger partial charge is 0.372 e. The standard InChI is InChI=1S/C9H15N3O/c1-10-7-11-8-3-5-9(6-4-8)12-13-2/h3-6,10-12H,7H2,1-2H3. The third-order valence-corrected chi connectivity index (χ3v) is 1.57. The molecule has 0 amide bonds. The number of rotatable bonds is 5. The van der Waals surface area contributed by atoms with E-state index < -0.39 is 0 Å². The van der Waals surface area contributed by atoms with Crippen LogP contribution in [0, 0.1) is 0 Å². The van der Waals surface area contributed by atoms with E-state index in [-0.39, 0.29) is 0 Å². The molecule has 1 aromatic carbocycles. The van der Waals surface area contributed by atoms with Gasteiger partial charge >= 0.3 is 0 Å². The van der Waals surface area contributed by atoms with E-state index in [0.29, 0.717) is 0 Å². The average molecular weight is 181 g/mol. The molecule has 0 aromatic heterocycles. The van der Waals surface area contributed by atoms with E-state index in [4.69, 9.17) is 4.84 Å². The molecule has 0 bridgehead atoms. The minimum atomic E-state index is 0.761. The Morgan fingerprint density at radius 3 is 2.31 bits per heavy atom. The number of benzene rings is 1. The second-order valence-electron chi connectivity index (χ2n) is 2.59. The van der Waals surface area contributed by atoms with Gasteiger partial charge in [0.2, 0.25) is 0 Å². The summed E-state index contributed by atoms with van der Waals surface area (Å²) in [6, 6.07) is 7.86. The summed E-state index contributed by atoms with van der Waals surface area (Å²) >= 11 is 0. The van der Waals surface area contributed by atoms with Crippen molar-refractivity contribution in [1.29, 1.82) is 0 Å². The van der Waals surface area contributed by atoms with Crippen LogP contribution in [0.5, 0.6) is 0 Å². The van der Waals surface area contributed by atoms with Crippen LogP contribution in [0.3, 0.4) is 0 Å². The predicted octanol–water partition coefficient (Wildman–Crippen LogP) is 1.25.